The summed E-state index contributed by atoms with van der Waals surface area (Å²) in [6.45, 7) is 1.51. The van der Waals surface area contributed by atoms with Crippen LogP contribution in [-0.2, 0) is 9.53 Å². The fraction of sp³-hybridized carbons (Fsp3) is 0.235. The zero-order valence-electron chi connectivity index (χ0n) is 12.9. The van der Waals surface area contributed by atoms with E-state index in [0.29, 0.717) is 5.56 Å². The van der Waals surface area contributed by atoms with Gasteiger partial charge in [0.15, 0.2) is 0 Å². The quantitative estimate of drug-likeness (QED) is 0.874. The van der Waals surface area contributed by atoms with Crippen LogP contribution in [-0.4, -0.2) is 28.2 Å². The maximum atomic E-state index is 14.2. The first-order chi connectivity index (χ1) is 11.5. The molecule has 2 aromatic rings. The molecule has 0 bridgehead atoms. The first-order valence-corrected chi connectivity index (χ1v) is 7.44. The van der Waals surface area contributed by atoms with Crippen LogP contribution >= 0.6 is 0 Å². The van der Waals surface area contributed by atoms with Crippen LogP contribution in [0.25, 0.3) is 11.1 Å². The van der Waals surface area contributed by atoms with Gasteiger partial charge in [0, 0.05) is 12.4 Å². The van der Waals surface area contributed by atoms with E-state index in [0.717, 1.165) is 11.1 Å². The van der Waals surface area contributed by atoms with Gasteiger partial charge < -0.3 is 10.5 Å². The molecule has 3 rings (SSSR count). The van der Waals surface area contributed by atoms with Gasteiger partial charge in [-0.2, -0.15) is 0 Å². The molecular formula is C17H16FN3O3. The normalized spacial score (nSPS) is 21.4. The molecule has 2 N–H and O–H groups in total. The number of cyclic esters (lactones) is 1. The van der Waals surface area contributed by atoms with Gasteiger partial charge in [0.1, 0.15) is 12.1 Å². The summed E-state index contributed by atoms with van der Waals surface area (Å²) in [6.07, 6.45) is 1.28. The lowest BCUT2D eigenvalue weighted by molar-refractivity contribution is -0.124. The molecule has 0 spiro atoms. The van der Waals surface area contributed by atoms with E-state index in [-0.39, 0.29) is 5.12 Å². The fourth-order valence-corrected chi connectivity index (χ4v) is 2.75. The molecule has 124 valence electrons. The standard InChI is InChI=1S/C17H16FN3O3/c1-10(16(19)22)15-14(21(18)17(23)24-15)13-4-2-11(3-5-13)12-6-8-20-9-7-12/h2-10,14-15H,1H3,(H2,19,22). The molecule has 24 heavy (non-hydrogen) atoms. The number of benzene rings is 1. The van der Waals surface area contributed by atoms with Crippen LogP contribution in [0, 0.1) is 5.92 Å². The van der Waals surface area contributed by atoms with Gasteiger partial charge in [-0.05, 0) is 35.7 Å². The third kappa shape index (κ3) is 2.80. The number of aromatic nitrogens is 1. The van der Waals surface area contributed by atoms with E-state index in [9.17, 15) is 14.1 Å². The number of primary amides is 1. The largest absolute Gasteiger partial charge is 0.441 e. The van der Waals surface area contributed by atoms with Gasteiger partial charge in [0.25, 0.3) is 0 Å². The molecule has 2 heterocycles. The zero-order valence-corrected chi connectivity index (χ0v) is 12.9. The van der Waals surface area contributed by atoms with E-state index in [4.69, 9.17) is 10.5 Å². The van der Waals surface area contributed by atoms with Gasteiger partial charge >= 0.3 is 6.09 Å². The number of halogens is 1. The molecule has 1 saturated heterocycles. The minimum absolute atomic E-state index is 0.00551. The third-order valence-electron chi connectivity index (χ3n) is 4.17. The van der Waals surface area contributed by atoms with Crippen LogP contribution in [0.3, 0.4) is 0 Å². The first kappa shape index (κ1) is 15.9. The second-order valence-electron chi connectivity index (χ2n) is 5.65. The van der Waals surface area contributed by atoms with Gasteiger partial charge in [-0.1, -0.05) is 28.7 Å². The topological polar surface area (TPSA) is 85.5 Å². The van der Waals surface area contributed by atoms with Crippen LogP contribution in [0.4, 0.5) is 9.28 Å². The molecule has 0 saturated carbocycles. The first-order valence-electron chi connectivity index (χ1n) is 7.44. The third-order valence-corrected chi connectivity index (χ3v) is 4.17. The zero-order chi connectivity index (χ0) is 17.3. The number of amides is 2. The number of nitrogens with zero attached hydrogens (tertiary/aromatic N) is 2. The van der Waals surface area contributed by atoms with Gasteiger partial charge in [0.05, 0.1) is 5.92 Å². The van der Waals surface area contributed by atoms with Crippen molar-refractivity contribution in [2.24, 2.45) is 11.7 Å². The van der Waals surface area contributed by atoms with Crippen LogP contribution in [0.1, 0.15) is 18.5 Å². The van der Waals surface area contributed by atoms with Crippen molar-refractivity contribution < 1.29 is 18.8 Å². The Morgan fingerprint density at radius 2 is 1.79 bits per heavy atom. The highest BCUT2D eigenvalue weighted by molar-refractivity contribution is 5.79. The average molecular weight is 329 g/mol. The fourth-order valence-electron chi connectivity index (χ4n) is 2.75. The Bertz CT molecular complexity index is 751. The number of pyridine rings is 1. The predicted octanol–water partition coefficient (Wildman–Crippen LogP) is 2.62. The molecule has 0 radical (unpaired) electrons. The maximum Gasteiger partial charge on any atom is 0.439 e. The summed E-state index contributed by atoms with van der Waals surface area (Å²) < 4.78 is 19.1. The lowest BCUT2D eigenvalue weighted by Gasteiger charge is -2.22. The molecular weight excluding hydrogens is 313 g/mol. The number of rotatable bonds is 4. The minimum atomic E-state index is -1.11. The molecule has 1 aromatic carbocycles. The van der Waals surface area contributed by atoms with Crippen LogP contribution in [0.2, 0.25) is 0 Å². The Hall–Kier alpha value is -2.96. The van der Waals surface area contributed by atoms with E-state index < -0.39 is 30.1 Å². The minimum Gasteiger partial charge on any atom is -0.441 e. The van der Waals surface area contributed by atoms with E-state index in [1.54, 1.807) is 24.5 Å². The number of carbonyl (C=O) groups excluding carboxylic acids is 2. The highest BCUT2D eigenvalue weighted by Gasteiger charge is 2.47. The summed E-state index contributed by atoms with van der Waals surface area (Å²) in [5.74, 6) is -1.46. The molecule has 6 nitrogen and oxygen atoms in total. The Labute approximate surface area is 138 Å². The molecule has 1 aliphatic heterocycles. The molecule has 1 aliphatic rings. The summed E-state index contributed by atoms with van der Waals surface area (Å²) in [5.41, 5.74) is 7.69. The molecule has 0 aliphatic carbocycles. The summed E-state index contributed by atoms with van der Waals surface area (Å²) in [7, 11) is 0. The van der Waals surface area contributed by atoms with Crippen LogP contribution in [0.5, 0.6) is 0 Å². The second-order valence-corrected chi connectivity index (χ2v) is 5.65. The summed E-state index contributed by atoms with van der Waals surface area (Å²) in [4.78, 5) is 26.9. The number of carbonyl (C=O) groups is 2. The Morgan fingerprint density at radius 1 is 1.21 bits per heavy atom. The summed E-state index contributed by atoms with van der Waals surface area (Å²) in [5, 5.41) is 0.00551. The molecule has 1 fully saturated rings. The number of ether oxygens (including phenoxy) is 1. The van der Waals surface area contributed by atoms with Crippen molar-refractivity contribution in [1.82, 2.24) is 10.1 Å². The molecule has 1 aromatic heterocycles. The number of hydrogen-bond donors (Lipinski definition) is 1. The van der Waals surface area contributed by atoms with Gasteiger partial charge in [-0.25, -0.2) is 4.79 Å². The van der Waals surface area contributed by atoms with E-state index in [1.165, 1.54) is 6.92 Å². The van der Waals surface area contributed by atoms with Crippen molar-refractivity contribution in [3.05, 3.63) is 54.4 Å². The highest BCUT2D eigenvalue weighted by atomic mass is 19.2. The van der Waals surface area contributed by atoms with Crippen molar-refractivity contribution in [3.63, 3.8) is 0 Å². The summed E-state index contributed by atoms with van der Waals surface area (Å²) >= 11 is 0. The SMILES string of the molecule is CC(C(N)=O)C1OC(=O)N(F)C1c1ccc(-c2ccncc2)cc1. The van der Waals surface area contributed by atoms with E-state index in [1.807, 2.05) is 24.3 Å². The molecule has 3 unspecified atom stereocenters. The Morgan fingerprint density at radius 3 is 2.38 bits per heavy atom. The summed E-state index contributed by atoms with van der Waals surface area (Å²) in [6, 6.07) is 9.74. The van der Waals surface area contributed by atoms with Crippen molar-refractivity contribution in [1.29, 1.82) is 0 Å². The van der Waals surface area contributed by atoms with E-state index >= 15 is 0 Å². The maximum absolute atomic E-state index is 14.2. The van der Waals surface area contributed by atoms with Crippen molar-refractivity contribution in [2.45, 2.75) is 19.1 Å². The molecule has 7 heteroatoms. The number of nitrogens with two attached hydrogens (primary N) is 1. The average Bonchev–Trinajstić information content (AvgIpc) is 2.90. The van der Waals surface area contributed by atoms with Crippen molar-refractivity contribution in [3.8, 4) is 11.1 Å². The molecule has 2 amide bonds. The Balaban J connectivity index is 1.91. The van der Waals surface area contributed by atoms with Gasteiger partial charge in [0.2, 0.25) is 5.91 Å². The van der Waals surface area contributed by atoms with Crippen LogP contribution in [0.15, 0.2) is 48.8 Å². The van der Waals surface area contributed by atoms with Gasteiger partial charge in [-0.15, -0.1) is 5.12 Å². The molecule has 3 atom stereocenters. The second kappa shape index (κ2) is 6.27. The Kier molecular flexibility index (Phi) is 4.16. The van der Waals surface area contributed by atoms with Gasteiger partial charge in [-0.3, -0.25) is 9.78 Å². The van der Waals surface area contributed by atoms with Crippen LogP contribution < -0.4 is 5.73 Å². The van der Waals surface area contributed by atoms with E-state index in [2.05, 4.69) is 4.98 Å². The number of hydrogen-bond acceptors (Lipinski definition) is 4. The highest BCUT2D eigenvalue weighted by Crippen LogP contribution is 2.37. The predicted molar refractivity (Wildman–Crippen MR) is 84.0 cm³/mol. The van der Waals surface area contributed by atoms with Crippen molar-refractivity contribution in [2.75, 3.05) is 0 Å². The lowest BCUT2D eigenvalue weighted by atomic mass is 9.91. The van der Waals surface area contributed by atoms with Crippen molar-refractivity contribution >= 4 is 12.0 Å². The smallest absolute Gasteiger partial charge is 0.439 e. The monoisotopic (exact) mass is 329 g/mol. The lowest BCUT2D eigenvalue weighted by Crippen LogP contribution is -2.35.